The zero-order valence-electron chi connectivity index (χ0n) is 31.1. The van der Waals surface area contributed by atoms with E-state index in [4.69, 9.17) is 14.4 Å². The highest BCUT2D eigenvalue weighted by atomic mass is 16.3. The van der Waals surface area contributed by atoms with E-state index in [-0.39, 0.29) is 5.41 Å². The standard InChI is InChI=1S/C53H36N2O/c1-53(2)46-24-10-8-19-41(46)45-31-35(26-27-47(45)53)48-32-49(55-52(54-48)44-23-12-17-34-16-6-7-18-39(34)44)38-29-36(33-14-4-3-5-15-33)28-37(30-38)40-21-13-22-43-42-20-9-11-25-50(42)56-51(40)43/h3-32H,1-2H3. The summed E-state index contributed by atoms with van der Waals surface area (Å²) in [6, 6.07) is 64.8. The molecular formula is C53H36N2O. The van der Waals surface area contributed by atoms with E-state index in [0.29, 0.717) is 5.82 Å². The summed E-state index contributed by atoms with van der Waals surface area (Å²) in [5.41, 5.74) is 16.1. The highest BCUT2D eigenvalue weighted by molar-refractivity contribution is 6.10. The monoisotopic (exact) mass is 716 g/mol. The molecule has 0 radical (unpaired) electrons. The maximum Gasteiger partial charge on any atom is 0.161 e. The van der Waals surface area contributed by atoms with Gasteiger partial charge in [-0.3, -0.25) is 0 Å². The molecule has 0 atom stereocenters. The van der Waals surface area contributed by atoms with Crippen molar-refractivity contribution in [1.82, 2.24) is 9.97 Å². The van der Waals surface area contributed by atoms with E-state index >= 15 is 0 Å². The van der Waals surface area contributed by atoms with Crippen LogP contribution in [0.3, 0.4) is 0 Å². The van der Waals surface area contributed by atoms with Crippen molar-refractivity contribution in [3.8, 4) is 67.3 Å². The van der Waals surface area contributed by atoms with Gasteiger partial charge in [-0.15, -0.1) is 0 Å². The van der Waals surface area contributed by atoms with Crippen LogP contribution < -0.4 is 0 Å². The molecule has 0 N–H and O–H groups in total. The summed E-state index contributed by atoms with van der Waals surface area (Å²) in [4.78, 5) is 10.8. The molecule has 0 amide bonds. The van der Waals surface area contributed by atoms with Crippen LogP contribution in [0.5, 0.6) is 0 Å². The minimum absolute atomic E-state index is 0.0770. The first kappa shape index (κ1) is 32.3. The molecule has 11 rings (SSSR count). The first-order valence-corrected chi connectivity index (χ1v) is 19.2. The Morgan fingerprint density at radius 3 is 1.91 bits per heavy atom. The topological polar surface area (TPSA) is 38.9 Å². The van der Waals surface area contributed by atoms with Gasteiger partial charge in [0.2, 0.25) is 0 Å². The average molecular weight is 717 g/mol. The molecule has 3 nitrogen and oxygen atoms in total. The highest BCUT2D eigenvalue weighted by Gasteiger charge is 2.35. The predicted molar refractivity (Wildman–Crippen MR) is 232 cm³/mol. The lowest BCUT2D eigenvalue weighted by atomic mass is 9.82. The van der Waals surface area contributed by atoms with Crippen molar-refractivity contribution in [3.05, 3.63) is 193 Å². The number of nitrogens with zero attached hydrogens (tertiary/aromatic N) is 2. The van der Waals surface area contributed by atoms with Crippen molar-refractivity contribution in [3.63, 3.8) is 0 Å². The van der Waals surface area contributed by atoms with Crippen molar-refractivity contribution in [2.75, 3.05) is 0 Å². The number of aromatic nitrogens is 2. The molecule has 56 heavy (non-hydrogen) atoms. The lowest BCUT2D eigenvalue weighted by Crippen LogP contribution is -2.14. The molecule has 0 aliphatic heterocycles. The van der Waals surface area contributed by atoms with Crippen LogP contribution in [-0.2, 0) is 5.41 Å². The van der Waals surface area contributed by atoms with Crippen molar-refractivity contribution in [2.24, 2.45) is 0 Å². The second-order valence-electron chi connectivity index (χ2n) is 15.4. The zero-order chi connectivity index (χ0) is 37.4. The van der Waals surface area contributed by atoms with E-state index in [1.54, 1.807) is 0 Å². The Hall–Kier alpha value is -7.10. The summed E-state index contributed by atoms with van der Waals surface area (Å²) in [5, 5.41) is 4.50. The SMILES string of the molecule is CC1(C)c2ccccc2-c2cc(-c3cc(-c4cc(-c5ccccc5)cc(-c5cccc6c5oc5ccccc56)c4)nc(-c4cccc5ccccc45)n3)ccc21. The lowest BCUT2D eigenvalue weighted by molar-refractivity contribution is 0.660. The Morgan fingerprint density at radius 1 is 0.393 bits per heavy atom. The smallest absolute Gasteiger partial charge is 0.161 e. The predicted octanol–water partition coefficient (Wildman–Crippen LogP) is 14.2. The third-order valence-corrected chi connectivity index (χ3v) is 11.7. The fourth-order valence-electron chi connectivity index (χ4n) is 8.87. The van der Waals surface area contributed by atoms with Crippen molar-refractivity contribution < 1.29 is 4.42 Å². The van der Waals surface area contributed by atoms with E-state index < -0.39 is 0 Å². The molecule has 0 saturated heterocycles. The van der Waals surface area contributed by atoms with Gasteiger partial charge in [0.25, 0.3) is 0 Å². The summed E-state index contributed by atoms with van der Waals surface area (Å²) in [6.45, 7) is 4.64. The van der Waals surface area contributed by atoms with Gasteiger partial charge in [0.1, 0.15) is 11.2 Å². The molecule has 8 aromatic carbocycles. The summed E-state index contributed by atoms with van der Waals surface area (Å²) in [5.74, 6) is 0.696. The molecule has 0 fully saturated rings. The Balaban J connectivity index is 1.16. The van der Waals surface area contributed by atoms with E-state index in [0.717, 1.165) is 83.0 Å². The van der Waals surface area contributed by atoms with Gasteiger partial charge in [0.05, 0.1) is 11.4 Å². The maximum atomic E-state index is 6.57. The van der Waals surface area contributed by atoms with Gasteiger partial charge < -0.3 is 4.42 Å². The van der Waals surface area contributed by atoms with E-state index in [2.05, 4.69) is 184 Å². The second kappa shape index (κ2) is 12.5. The fraction of sp³-hybridized carbons (Fsp3) is 0.0566. The molecule has 3 heteroatoms. The third kappa shape index (κ3) is 5.12. The highest BCUT2D eigenvalue weighted by Crippen LogP contribution is 2.49. The second-order valence-corrected chi connectivity index (χ2v) is 15.4. The summed E-state index contributed by atoms with van der Waals surface area (Å²) < 4.78 is 6.57. The average Bonchev–Trinajstić information content (AvgIpc) is 3.75. The Labute approximate surface area is 325 Å². The lowest BCUT2D eigenvalue weighted by Gasteiger charge is -2.21. The van der Waals surface area contributed by atoms with Crippen molar-refractivity contribution in [2.45, 2.75) is 19.3 Å². The van der Waals surface area contributed by atoms with Crippen LogP contribution in [0.15, 0.2) is 186 Å². The number of hydrogen-bond acceptors (Lipinski definition) is 3. The van der Waals surface area contributed by atoms with Gasteiger partial charge in [-0.1, -0.05) is 159 Å². The van der Waals surface area contributed by atoms with Crippen LogP contribution in [0.2, 0.25) is 0 Å². The molecule has 0 unspecified atom stereocenters. The molecule has 10 aromatic rings. The molecular weight excluding hydrogens is 681 g/mol. The Morgan fingerprint density at radius 2 is 1.02 bits per heavy atom. The number of benzene rings is 8. The number of para-hydroxylation sites is 2. The van der Waals surface area contributed by atoms with Gasteiger partial charge in [-0.2, -0.15) is 0 Å². The third-order valence-electron chi connectivity index (χ3n) is 11.7. The molecule has 2 aromatic heterocycles. The minimum atomic E-state index is -0.0770. The zero-order valence-corrected chi connectivity index (χ0v) is 31.1. The maximum absolute atomic E-state index is 6.57. The Bertz CT molecular complexity index is 3170. The van der Waals surface area contributed by atoms with Gasteiger partial charge in [-0.05, 0) is 86.1 Å². The summed E-state index contributed by atoms with van der Waals surface area (Å²) in [7, 11) is 0. The molecule has 264 valence electrons. The van der Waals surface area contributed by atoms with E-state index in [1.807, 2.05) is 12.1 Å². The van der Waals surface area contributed by atoms with Crippen LogP contribution in [0.25, 0.3) is 100.0 Å². The number of fused-ring (bicyclic) bond motifs is 7. The molecule has 2 heterocycles. The van der Waals surface area contributed by atoms with Crippen molar-refractivity contribution >= 4 is 32.7 Å². The molecule has 0 saturated carbocycles. The van der Waals surface area contributed by atoms with Gasteiger partial charge in [0, 0.05) is 38.4 Å². The van der Waals surface area contributed by atoms with Gasteiger partial charge in [-0.25, -0.2) is 9.97 Å². The van der Waals surface area contributed by atoms with Crippen LogP contribution >= 0.6 is 0 Å². The van der Waals surface area contributed by atoms with Gasteiger partial charge in [0.15, 0.2) is 5.82 Å². The van der Waals surface area contributed by atoms with Crippen LogP contribution in [0.4, 0.5) is 0 Å². The normalized spacial score (nSPS) is 13.0. The van der Waals surface area contributed by atoms with E-state index in [1.165, 1.54) is 22.3 Å². The number of hydrogen-bond donors (Lipinski definition) is 0. The largest absolute Gasteiger partial charge is 0.455 e. The molecule has 0 bridgehead atoms. The number of furan rings is 1. The van der Waals surface area contributed by atoms with Crippen LogP contribution in [0.1, 0.15) is 25.0 Å². The van der Waals surface area contributed by atoms with Gasteiger partial charge >= 0.3 is 0 Å². The summed E-state index contributed by atoms with van der Waals surface area (Å²) >= 11 is 0. The first-order valence-electron chi connectivity index (χ1n) is 19.2. The fourth-order valence-corrected chi connectivity index (χ4v) is 8.87. The minimum Gasteiger partial charge on any atom is -0.455 e. The van der Waals surface area contributed by atoms with Crippen LogP contribution in [0, 0.1) is 0 Å². The first-order chi connectivity index (χ1) is 27.5. The Kier molecular flexibility index (Phi) is 7.20. The van der Waals surface area contributed by atoms with Crippen LogP contribution in [-0.4, -0.2) is 9.97 Å². The molecule has 1 aliphatic carbocycles. The quantitative estimate of drug-likeness (QED) is 0.178. The summed E-state index contributed by atoms with van der Waals surface area (Å²) in [6.07, 6.45) is 0. The molecule has 1 aliphatic rings. The van der Waals surface area contributed by atoms with Crippen molar-refractivity contribution in [1.29, 1.82) is 0 Å². The molecule has 0 spiro atoms. The number of rotatable bonds is 5. The van der Waals surface area contributed by atoms with E-state index in [9.17, 15) is 0 Å².